The Bertz CT molecular complexity index is 520. The summed E-state index contributed by atoms with van der Waals surface area (Å²) in [4.78, 5) is 13.6. The third kappa shape index (κ3) is 3.64. The molecule has 2 fully saturated rings. The van der Waals surface area contributed by atoms with Crippen molar-refractivity contribution in [3.8, 4) is 0 Å². The predicted molar refractivity (Wildman–Crippen MR) is 99.0 cm³/mol. The third-order valence-corrected chi connectivity index (χ3v) is 5.83. The minimum absolute atomic E-state index is 0.550. The molecule has 6 nitrogen and oxygen atoms in total. The first kappa shape index (κ1) is 17.4. The number of nitrogens with zero attached hydrogens (tertiary/aromatic N) is 4. The number of nitrogens with two attached hydrogens (primary N) is 2. The van der Waals surface area contributed by atoms with Crippen LogP contribution in [0.2, 0.25) is 0 Å². The topological polar surface area (TPSA) is 84.3 Å². The fourth-order valence-electron chi connectivity index (χ4n) is 4.45. The average molecular weight is 332 g/mol. The molecule has 1 aromatic heterocycles. The van der Waals surface area contributed by atoms with Gasteiger partial charge in [0.15, 0.2) is 0 Å². The Morgan fingerprint density at radius 3 is 2.46 bits per heavy atom. The van der Waals surface area contributed by atoms with Crippen molar-refractivity contribution in [1.29, 1.82) is 0 Å². The van der Waals surface area contributed by atoms with E-state index in [1.807, 2.05) is 0 Å². The zero-order valence-electron chi connectivity index (χ0n) is 15.0. The summed E-state index contributed by atoms with van der Waals surface area (Å²) in [5.41, 5.74) is 13.3. The molecule has 3 rings (SSSR count). The summed E-state index contributed by atoms with van der Waals surface area (Å²) in [6, 6.07) is 0.550. The fraction of sp³-hybridized carbons (Fsp3) is 0.778. The summed E-state index contributed by atoms with van der Waals surface area (Å²) in [5.74, 6) is 2.43. The Labute approximate surface area is 145 Å². The Morgan fingerprint density at radius 2 is 1.83 bits per heavy atom. The third-order valence-electron chi connectivity index (χ3n) is 5.83. The van der Waals surface area contributed by atoms with Crippen LogP contribution < -0.4 is 16.4 Å². The van der Waals surface area contributed by atoms with E-state index in [0.29, 0.717) is 11.9 Å². The van der Waals surface area contributed by atoms with Crippen molar-refractivity contribution in [3.63, 3.8) is 0 Å². The van der Waals surface area contributed by atoms with Crippen molar-refractivity contribution < 1.29 is 0 Å². The van der Waals surface area contributed by atoms with Gasteiger partial charge in [-0.05, 0) is 25.2 Å². The van der Waals surface area contributed by atoms with Crippen molar-refractivity contribution in [3.05, 3.63) is 11.9 Å². The van der Waals surface area contributed by atoms with Crippen LogP contribution in [0.3, 0.4) is 0 Å². The van der Waals surface area contributed by atoms with Crippen LogP contribution in [0.15, 0.2) is 6.33 Å². The van der Waals surface area contributed by atoms with Crippen molar-refractivity contribution in [2.45, 2.75) is 51.5 Å². The number of piperazine rings is 1. The van der Waals surface area contributed by atoms with Gasteiger partial charge in [0.25, 0.3) is 0 Å². The van der Waals surface area contributed by atoms with E-state index < -0.39 is 0 Å². The van der Waals surface area contributed by atoms with Crippen molar-refractivity contribution in [2.75, 3.05) is 43.4 Å². The molecule has 0 radical (unpaired) electrons. The van der Waals surface area contributed by atoms with Crippen LogP contribution in [0.25, 0.3) is 0 Å². The molecular weight excluding hydrogens is 300 g/mol. The first-order valence-corrected chi connectivity index (χ1v) is 9.53. The molecule has 2 heterocycles. The average Bonchev–Trinajstić information content (AvgIpc) is 2.64. The van der Waals surface area contributed by atoms with Crippen LogP contribution >= 0.6 is 0 Å². The SMILES string of the molecule is CCc1c(N)ncnc1N1CCN(C(CN)C2CCCCC2)CC1. The van der Waals surface area contributed by atoms with Gasteiger partial charge in [0, 0.05) is 44.3 Å². The van der Waals surface area contributed by atoms with E-state index in [1.165, 1.54) is 32.1 Å². The number of hydrogen-bond donors (Lipinski definition) is 2. The Kier molecular flexibility index (Phi) is 5.89. The van der Waals surface area contributed by atoms with Gasteiger partial charge in [0.1, 0.15) is 18.0 Å². The molecule has 0 spiro atoms. The van der Waals surface area contributed by atoms with Crippen LogP contribution in [0, 0.1) is 5.92 Å². The van der Waals surface area contributed by atoms with Gasteiger partial charge in [0.2, 0.25) is 0 Å². The molecule has 1 aliphatic carbocycles. The maximum absolute atomic E-state index is 6.15. The lowest BCUT2D eigenvalue weighted by atomic mass is 9.83. The molecule has 1 atom stereocenters. The summed E-state index contributed by atoms with van der Waals surface area (Å²) >= 11 is 0. The highest BCUT2D eigenvalue weighted by Crippen LogP contribution is 2.30. The van der Waals surface area contributed by atoms with Gasteiger partial charge >= 0.3 is 0 Å². The highest BCUT2D eigenvalue weighted by molar-refractivity contribution is 5.56. The second-order valence-electron chi connectivity index (χ2n) is 7.14. The number of nitrogen functional groups attached to an aromatic ring is 1. The van der Waals surface area contributed by atoms with Crippen molar-refractivity contribution >= 4 is 11.6 Å². The van der Waals surface area contributed by atoms with Gasteiger partial charge in [-0.3, -0.25) is 4.90 Å². The molecule has 134 valence electrons. The van der Waals surface area contributed by atoms with Crippen LogP contribution in [0.1, 0.15) is 44.6 Å². The molecular formula is C18H32N6. The van der Waals surface area contributed by atoms with E-state index in [-0.39, 0.29) is 0 Å². The smallest absolute Gasteiger partial charge is 0.137 e. The summed E-state index contributed by atoms with van der Waals surface area (Å²) in [7, 11) is 0. The zero-order chi connectivity index (χ0) is 16.9. The highest BCUT2D eigenvalue weighted by Gasteiger charge is 2.30. The largest absolute Gasteiger partial charge is 0.383 e. The first-order chi connectivity index (χ1) is 11.7. The molecule has 1 saturated carbocycles. The molecule has 0 aromatic carbocycles. The molecule has 2 aliphatic rings. The summed E-state index contributed by atoms with van der Waals surface area (Å²) in [6.07, 6.45) is 9.31. The molecule has 1 aromatic rings. The minimum Gasteiger partial charge on any atom is -0.383 e. The van der Waals surface area contributed by atoms with Crippen LogP contribution in [-0.2, 0) is 6.42 Å². The molecule has 24 heavy (non-hydrogen) atoms. The maximum Gasteiger partial charge on any atom is 0.137 e. The summed E-state index contributed by atoms with van der Waals surface area (Å²) in [5, 5.41) is 0. The lowest BCUT2D eigenvalue weighted by molar-refractivity contribution is 0.115. The van der Waals surface area contributed by atoms with Crippen molar-refractivity contribution in [1.82, 2.24) is 14.9 Å². The Morgan fingerprint density at radius 1 is 1.12 bits per heavy atom. The van der Waals surface area contributed by atoms with Gasteiger partial charge in [-0.2, -0.15) is 0 Å². The van der Waals surface area contributed by atoms with Gasteiger partial charge in [0.05, 0.1) is 0 Å². The predicted octanol–water partition coefficient (Wildman–Crippen LogP) is 1.65. The van der Waals surface area contributed by atoms with E-state index >= 15 is 0 Å². The van der Waals surface area contributed by atoms with E-state index in [2.05, 4.69) is 26.7 Å². The van der Waals surface area contributed by atoms with E-state index in [0.717, 1.165) is 56.4 Å². The lowest BCUT2D eigenvalue weighted by Gasteiger charge is -2.43. The molecule has 0 bridgehead atoms. The van der Waals surface area contributed by atoms with Gasteiger partial charge < -0.3 is 16.4 Å². The van der Waals surface area contributed by atoms with E-state index in [1.54, 1.807) is 6.33 Å². The second kappa shape index (κ2) is 8.12. The molecule has 1 aliphatic heterocycles. The molecule has 1 unspecified atom stereocenters. The second-order valence-corrected chi connectivity index (χ2v) is 7.14. The fourth-order valence-corrected chi connectivity index (χ4v) is 4.45. The van der Waals surface area contributed by atoms with E-state index in [4.69, 9.17) is 11.5 Å². The molecule has 4 N–H and O–H groups in total. The van der Waals surface area contributed by atoms with Crippen LogP contribution in [0.5, 0.6) is 0 Å². The van der Waals surface area contributed by atoms with Gasteiger partial charge in [-0.25, -0.2) is 9.97 Å². The number of anilines is 2. The standard InChI is InChI=1S/C18H32N6/c1-2-15-17(20)21-13-22-18(15)24-10-8-23(9-11-24)16(12-19)14-6-4-3-5-7-14/h13-14,16H,2-12,19H2,1H3,(H2,20,21,22). The molecule has 0 amide bonds. The zero-order valence-corrected chi connectivity index (χ0v) is 15.0. The Hall–Kier alpha value is -1.40. The van der Waals surface area contributed by atoms with Gasteiger partial charge in [-0.1, -0.05) is 26.2 Å². The lowest BCUT2D eigenvalue weighted by Crippen LogP contribution is -2.55. The number of hydrogen-bond acceptors (Lipinski definition) is 6. The summed E-state index contributed by atoms with van der Waals surface area (Å²) < 4.78 is 0. The Balaban J connectivity index is 1.64. The quantitative estimate of drug-likeness (QED) is 0.853. The van der Waals surface area contributed by atoms with E-state index in [9.17, 15) is 0 Å². The summed E-state index contributed by atoms with van der Waals surface area (Å²) in [6.45, 7) is 7.00. The maximum atomic E-state index is 6.15. The molecule has 6 heteroatoms. The minimum atomic E-state index is 0.550. The normalized spacial score (nSPS) is 21.8. The van der Waals surface area contributed by atoms with Crippen LogP contribution in [-0.4, -0.2) is 53.6 Å². The van der Waals surface area contributed by atoms with Crippen molar-refractivity contribution in [2.24, 2.45) is 11.7 Å². The monoisotopic (exact) mass is 332 g/mol. The number of rotatable bonds is 5. The highest BCUT2D eigenvalue weighted by atomic mass is 15.3. The first-order valence-electron chi connectivity index (χ1n) is 9.53. The molecule has 1 saturated heterocycles. The van der Waals surface area contributed by atoms with Crippen LogP contribution in [0.4, 0.5) is 11.6 Å². The number of aromatic nitrogens is 2. The van der Waals surface area contributed by atoms with Gasteiger partial charge in [-0.15, -0.1) is 0 Å².